The molecule has 0 aliphatic heterocycles. The fourth-order valence-corrected chi connectivity index (χ4v) is 5.84. The molecule has 4 rings (SSSR count). The van der Waals surface area contributed by atoms with E-state index in [1.807, 2.05) is 5.32 Å². The van der Waals surface area contributed by atoms with Crippen LogP contribution in [0.25, 0.3) is 10.2 Å². The number of anilines is 1. The third-order valence-electron chi connectivity index (χ3n) is 5.22. The van der Waals surface area contributed by atoms with E-state index in [2.05, 4.69) is 9.71 Å². The van der Waals surface area contributed by atoms with Gasteiger partial charge in [0.05, 0.1) is 33.4 Å². The van der Waals surface area contributed by atoms with Gasteiger partial charge in [-0.15, -0.1) is 11.3 Å². The zero-order chi connectivity index (χ0) is 23.1. The minimum atomic E-state index is -4.99. The van der Waals surface area contributed by atoms with Crippen LogP contribution < -0.4 is 14.8 Å². The van der Waals surface area contributed by atoms with Crippen LogP contribution in [0, 0.1) is 0 Å². The first kappa shape index (κ1) is 22.3. The van der Waals surface area contributed by atoms with Gasteiger partial charge in [0.2, 0.25) is 0 Å². The molecule has 0 unspecified atom stereocenters. The summed E-state index contributed by atoms with van der Waals surface area (Å²) < 4.78 is 72.9. The van der Waals surface area contributed by atoms with Gasteiger partial charge in [-0.3, -0.25) is 9.52 Å². The maximum absolute atomic E-state index is 13.2. The van der Waals surface area contributed by atoms with Crippen molar-refractivity contribution in [3.05, 3.63) is 47.0 Å². The summed E-state index contributed by atoms with van der Waals surface area (Å²) >= 11 is 1.38. The number of rotatable bonds is 5. The topological polar surface area (TPSA) is 97.4 Å². The van der Waals surface area contributed by atoms with Crippen LogP contribution in [0.1, 0.15) is 17.5 Å². The Hall–Kier alpha value is -2.86. The molecular weight excluding hydrogens is 467 g/mol. The van der Waals surface area contributed by atoms with Crippen molar-refractivity contribution in [1.29, 1.82) is 0 Å². The molecule has 12 heteroatoms. The van der Waals surface area contributed by atoms with E-state index in [0.717, 1.165) is 10.2 Å². The number of nitrogens with zero attached hydrogens (tertiary/aromatic N) is 1. The highest BCUT2D eigenvalue weighted by atomic mass is 32.2. The Morgan fingerprint density at radius 1 is 1.22 bits per heavy atom. The summed E-state index contributed by atoms with van der Waals surface area (Å²) in [5, 5.41) is 1.97. The number of sulfonamides is 1. The lowest BCUT2D eigenvalue weighted by atomic mass is 9.87. The van der Waals surface area contributed by atoms with Gasteiger partial charge in [-0.2, -0.15) is 13.2 Å². The summed E-state index contributed by atoms with van der Waals surface area (Å²) in [5.74, 6) is -1.66. The lowest BCUT2D eigenvalue weighted by Crippen LogP contribution is -2.45. The first-order valence-corrected chi connectivity index (χ1v) is 11.9. The molecular formula is C20H18F3N3O4S2. The molecule has 0 saturated heterocycles. The van der Waals surface area contributed by atoms with Gasteiger partial charge in [0.15, 0.2) is 0 Å². The largest absolute Gasteiger partial charge is 0.496 e. The SMILES string of the molecule is COc1ccc(S(=O)(=O)Nc2ccc3ncsc3c2)c2c1C[C@@H](NC(=O)C(F)(F)F)CC2. The molecule has 170 valence electrons. The normalized spacial score (nSPS) is 16.4. The van der Waals surface area contributed by atoms with Crippen molar-refractivity contribution in [1.82, 2.24) is 10.3 Å². The number of thiazole rings is 1. The summed E-state index contributed by atoms with van der Waals surface area (Å²) in [6.45, 7) is 0. The van der Waals surface area contributed by atoms with Crippen molar-refractivity contribution in [3.63, 3.8) is 0 Å². The number of carbonyl (C=O) groups is 1. The standard InChI is InChI=1S/C20H18F3N3O4S2/c1-30-16-6-7-18(13-4-2-11(8-14(13)16)25-19(27)20(21,22)23)32(28,29)26-12-3-5-15-17(9-12)31-10-24-15/h3,5-7,9-11,26H,2,4,8H2,1H3,(H,25,27)/t11-/m0/s1. The summed E-state index contributed by atoms with van der Waals surface area (Å²) in [4.78, 5) is 15.5. The molecule has 1 aliphatic carbocycles. The molecule has 0 spiro atoms. The van der Waals surface area contributed by atoms with Crippen LogP contribution in [0.4, 0.5) is 18.9 Å². The highest BCUT2D eigenvalue weighted by Crippen LogP contribution is 2.35. The highest BCUT2D eigenvalue weighted by Gasteiger charge is 2.40. The van der Waals surface area contributed by atoms with E-state index in [0.29, 0.717) is 22.6 Å². The second kappa shape index (κ2) is 8.24. The van der Waals surface area contributed by atoms with E-state index in [9.17, 15) is 26.4 Å². The molecule has 1 aliphatic rings. The molecule has 1 amide bonds. The van der Waals surface area contributed by atoms with E-state index in [1.165, 1.54) is 30.6 Å². The van der Waals surface area contributed by atoms with Crippen LogP contribution in [0.3, 0.4) is 0 Å². The molecule has 1 aromatic heterocycles. The number of ether oxygens (including phenoxy) is 1. The zero-order valence-electron chi connectivity index (χ0n) is 16.7. The van der Waals surface area contributed by atoms with Crippen LogP contribution in [0.5, 0.6) is 5.75 Å². The minimum absolute atomic E-state index is 0.0243. The van der Waals surface area contributed by atoms with Crippen LogP contribution in [0.15, 0.2) is 40.7 Å². The molecule has 0 fully saturated rings. The summed E-state index contributed by atoms with van der Waals surface area (Å²) in [7, 11) is -2.59. The van der Waals surface area contributed by atoms with Crippen molar-refractivity contribution in [2.75, 3.05) is 11.8 Å². The molecule has 0 saturated carbocycles. The Labute approximate surface area is 185 Å². The second-order valence-electron chi connectivity index (χ2n) is 7.27. The predicted molar refractivity (Wildman–Crippen MR) is 113 cm³/mol. The fraction of sp³-hybridized carbons (Fsp3) is 0.300. The van der Waals surface area contributed by atoms with Crippen LogP contribution in [-0.2, 0) is 27.7 Å². The maximum atomic E-state index is 13.2. The minimum Gasteiger partial charge on any atom is -0.496 e. The van der Waals surface area contributed by atoms with Gasteiger partial charge < -0.3 is 10.1 Å². The van der Waals surface area contributed by atoms with E-state index in [4.69, 9.17) is 4.74 Å². The maximum Gasteiger partial charge on any atom is 0.471 e. The highest BCUT2D eigenvalue weighted by molar-refractivity contribution is 7.92. The summed E-state index contributed by atoms with van der Waals surface area (Å²) in [6.07, 6.45) is -4.63. The zero-order valence-corrected chi connectivity index (χ0v) is 18.3. The molecule has 0 bridgehead atoms. The summed E-state index contributed by atoms with van der Waals surface area (Å²) in [5.41, 5.74) is 3.72. The molecule has 7 nitrogen and oxygen atoms in total. The average molecular weight is 486 g/mol. The Morgan fingerprint density at radius 2 is 2.00 bits per heavy atom. The smallest absolute Gasteiger partial charge is 0.471 e. The van der Waals surface area contributed by atoms with E-state index < -0.39 is 28.1 Å². The lowest BCUT2D eigenvalue weighted by molar-refractivity contribution is -0.174. The van der Waals surface area contributed by atoms with Gasteiger partial charge in [0.25, 0.3) is 10.0 Å². The van der Waals surface area contributed by atoms with Crippen molar-refractivity contribution in [2.45, 2.75) is 36.4 Å². The number of methoxy groups -OCH3 is 1. The van der Waals surface area contributed by atoms with Crippen molar-refractivity contribution < 1.29 is 31.1 Å². The Balaban J connectivity index is 1.64. The van der Waals surface area contributed by atoms with E-state index in [-0.39, 0.29) is 24.2 Å². The van der Waals surface area contributed by atoms with Gasteiger partial charge in [0, 0.05) is 11.6 Å². The van der Waals surface area contributed by atoms with Crippen LogP contribution in [-0.4, -0.2) is 38.6 Å². The van der Waals surface area contributed by atoms with Crippen molar-refractivity contribution >= 4 is 43.2 Å². The number of amides is 1. The fourth-order valence-electron chi connectivity index (χ4n) is 3.78. The van der Waals surface area contributed by atoms with Gasteiger partial charge in [0.1, 0.15) is 5.75 Å². The first-order valence-electron chi connectivity index (χ1n) is 9.51. The van der Waals surface area contributed by atoms with E-state index >= 15 is 0 Å². The predicted octanol–water partition coefficient (Wildman–Crippen LogP) is 3.64. The third-order valence-corrected chi connectivity index (χ3v) is 7.48. The quantitative estimate of drug-likeness (QED) is 0.575. The molecule has 2 aromatic carbocycles. The van der Waals surface area contributed by atoms with Crippen molar-refractivity contribution in [2.24, 2.45) is 0 Å². The summed E-state index contributed by atoms with van der Waals surface area (Å²) in [6, 6.07) is 7.10. The monoisotopic (exact) mass is 485 g/mol. The Morgan fingerprint density at radius 3 is 2.72 bits per heavy atom. The number of nitrogens with one attached hydrogen (secondary N) is 2. The molecule has 3 aromatic rings. The third kappa shape index (κ3) is 4.37. The van der Waals surface area contributed by atoms with Gasteiger partial charge in [-0.05, 0) is 55.2 Å². The molecule has 32 heavy (non-hydrogen) atoms. The van der Waals surface area contributed by atoms with Gasteiger partial charge in [-0.1, -0.05) is 0 Å². The van der Waals surface area contributed by atoms with Gasteiger partial charge in [-0.25, -0.2) is 13.4 Å². The number of hydrogen-bond acceptors (Lipinski definition) is 6. The second-order valence-corrected chi connectivity index (χ2v) is 9.81. The molecule has 1 atom stereocenters. The van der Waals surface area contributed by atoms with Crippen LogP contribution in [0.2, 0.25) is 0 Å². The number of fused-ring (bicyclic) bond motifs is 2. The molecule has 1 heterocycles. The number of carbonyl (C=O) groups excluding carboxylic acids is 1. The number of hydrogen-bond donors (Lipinski definition) is 2. The molecule has 0 radical (unpaired) electrons. The van der Waals surface area contributed by atoms with Gasteiger partial charge >= 0.3 is 12.1 Å². The molecule has 2 N–H and O–H groups in total. The number of benzene rings is 2. The number of aromatic nitrogens is 1. The average Bonchev–Trinajstić information content (AvgIpc) is 3.19. The first-order chi connectivity index (χ1) is 15.1. The Kier molecular flexibility index (Phi) is 5.76. The Bertz CT molecular complexity index is 1290. The van der Waals surface area contributed by atoms with Crippen molar-refractivity contribution in [3.8, 4) is 5.75 Å². The van der Waals surface area contributed by atoms with Crippen LogP contribution >= 0.6 is 11.3 Å². The lowest BCUT2D eigenvalue weighted by Gasteiger charge is -2.28. The number of halogens is 3. The van der Waals surface area contributed by atoms with E-state index in [1.54, 1.807) is 23.7 Å². The number of alkyl halides is 3.